The molecule has 1 aromatic rings. The zero-order valence-corrected chi connectivity index (χ0v) is 18.2. The Labute approximate surface area is 178 Å². The Bertz CT molecular complexity index is 738. The first-order valence-electron chi connectivity index (χ1n) is 10.3. The topological polar surface area (TPSA) is 122 Å². The van der Waals surface area contributed by atoms with Gasteiger partial charge < -0.3 is 30.3 Å². The van der Waals surface area contributed by atoms with Crippen LogP contribution >= 0.6 is 0 Å². The Balaban J connectivity index is 2.05. The Hall–Kier alpha value is -2.16. The van der Waals surface area contributed by atoms with E-state index in [0.29, 0.717) is 25.3 Å². The molecule has 1 aromatic carbocycles. The van der Waals surface area contributed by atoms with Crippen molar-refractivity contribution in [3.05, 3.63) is 24.3 Å². The van der Waals surface area contributed by atoms with Crippen molar-refractivity contribution in [3.8, 4) is 5.75 Å². The Morgan fingerprint density at radius 1 is 1.37 bits per heavy atom. The van der Waals surface area contributed by atoms with Crippen molar-refractivity contribution in [1.82, 2.24) is 0 Å². The molecule has 8 nitrogen and oxygen atoms in total. The number of fused-ring (bicyclic) bond motifs is 1. The second-order valence-corrected chi connectivity index (χ2v) is 8.92. The van der Waals surface area contributed by atoms with Crippen LogP contribution in [0.1, 0.15) is 40.0 Å². The number of nitrogens with zero attached hydrogens (tertiary/aromatic N) is 1. The first-order valence-corrected chi connectivity index (χ1v) is 10.3. The van der Waals surface area contributed by atoms with E-state index >= 15 is 0 Å². The average Bonchev–Trinajstić information content (AvgIpc) is 2.66. The zero-order chi connectivity index (χ0) is 22.5. The number of aliphatic carboxylic acids is 1. The van der Waals surface area contributed by atoms with Crippen molar-refractivity contribution in [2.75, 3.05) is 25.2 Å². The summed E-state index contributed by atoms with van der Waals surface area (Å²) < 4.78 is 11.1. The minimum atomic E-state index is -0.965. The molecule has 0 spiro atoms. The summed E-state index contributed by atoms with van der Waals surface area (Å²) in [6.45, 7) is 6.17. The van der Waals surface area contributed by atoms with E-state index in [0.717, 1.165) is 5.69 Å². The molecule has 4 atom stereocenters. The molecule has 1 aliphatic rings. The lowest BCUT2D eigenvalue weighted by molar-refractivity contribution is -0.142. The number of carboxylic acids is 1. The standard InChI is InChI=1S/C22H34N2O6/c1-14(21(27)28)9-18(25)16(23)10-22(2,3)11-20(26)24-12-15(13-29-4)30-19-8-6-5-7-17(19)24/h5-8,14-16,18,25H,9-13,23H2,1-4H3,(H,27,28)/t14-,15-,16+,18+/m1/s1. The van der Waals surface area contributed by atoms with Crippen molar-refractivity contribution >= 4 is 17.6 Å². The molecule has 0 radical (unpaired) electrons. The number of nitrogens with two attached hydrogens (primary N) is 1. The summed E-state index contributed by atoms with van der Waals surface area (Å²) in [5.41, 5.74) is 6.39. The van der Waals surface area contributed by atoms with E-state index in [2.05, 4.69) is 0 Å². The number of anilines is 1. The molecular weight excluding hydrogens is 388 g/mol. The summed E-state index contributed by atoms with van der Waals surface area (Å²) in [6.07, 6.45) is -0.495. The highest BCUT2D eigenvalue weighted by Crippen LogP contribution is 2.36. The van der Waals surface area contributed by atoms with Gasteiger partial charge in [-0.3, -0.25) is 9.59 Å². The van der Waals surface area contributed by atoms with E-state index in [9.17, 15) is 14.7 Å². The molecule has 1 heterocycles. The third kappa shape index (κ3) is 6.42. The van der Waals surface area contributed by atoms with Crippen LogP contribution < -0.4 is 15.4 Å². The van der Waals surface area contributed by atoms with Crippen LogP contribution in [0.4, 0.5) is 5.69 Å². The smallest absolute Gasteiger partial charge is 0.306 e. The predicted molar refractivity (Wildman–Crippen MR) is 114 cm³/mol. The van der Waals surface area contributed by atoms with Crippen LogP contribution in [0.25, 0.3) is 0 Å². The molecule has 0 saturated carbocycles. The van der Waals surface area contributed by atoms with E-state index in [1.54, 1.807) is 18.9 Å². The number of para-hydroxylation sites is 2. The molecule has 0 bridgehead atoms. The van der Waals surface area contributed by atoms with E-state index in [1.165, 1.54) is 0 Å². The van der Waals surface area contributed by atoms with Crippen LogP contribution in [0, 0.1) is 11.3 Å². The number of carboxylic acid groups (broad SMARTS) is 1. The monoisotopic (exact) mass is 422 g/mol. The fraction of sp³-hybridized carbons (Fsp3) is 0.636. The maximum Gasteiger partial charge on any atom is 0.306 e. The van der Waals surface area contributed by atoms with Gasteiger partial charge in [0.2, 0.25) is 5.91 Å². The largest absolute Gasteiger partial charge is 0.484 e. The van der Waals surface area contributed by atoms with Crippen LogP contribution in [0.15, 0.2) is 24.3 Å². The van der Waals surface area contributed by atoms with Gasteiger partial charge in [-0.05, 0) is 30.4 Å². The van der Waals surface area contributed by atoms with Gasteiger partial charge in [-0.2, -0.15) is 0 Å². The maximum absolute atomic E-state index is 13.2. The highest BCUT2D eigenvalue weighted by molar-refractivity contribution is 5.95. The van der Waals surface area contributed by atoms with Crippen LogP contribution in [0.3, 0.4) is 0 Å². The van der Waals surface area contributed by atoms with Crippen LogP contribution in [-0.4, -0.2) is 60.6 Å². The third-order valence-electron chi connectivity index (χ3n) is 5.42. The number of hydrogen-bond donors (Lipinski definition) is 3. The summed E-state index contributed by atoms with van der Waals surface area (Å²) in [5, 5.41) is 19.3. The number of carbonyl (C=O) groups excluding carboxylic acids is 1. The number of carbonyl (C=O) groups is 2. The van der Waals surface area contributed by atoms with Gasteiger partial charge in [0.1, 0.15) is 11.9 Å². The second-order valence-electron chi connectivity index (χ2n) is 8.92. The summed E-state index contributed by atoms with van der Waals surface area (Å²) in [5.74, 6) is -1.06. The summed E-state index contributed by atoms with van der Waals surface area (Å²) >= 11 is 0. The van der Waals surface area contributed by atoms with E-state index in [-0.39, 0.29) is 24.9 Å². The normalized spacial score (nSPS) is 19.4. The lowest BCUT2D eigenvalue weighted by Gasteiger charge is -2.37. The number of aliphatic hydroxyl groups excluding tert-OH is 1. The van der Waals surface area contributed by atoms with Gasteiger partial charge in [0.15, 0.2) is 0 Å². The Morgan fingerprint density at radius 2 is 2.03 bits per heavy atom. The van der Waals surface area contributed by atoms with E-state index < -0.39 is 29.4 Å². The van der Waals surface area contributed by atoms with E-state index in [4.69, 9.17) is 20.3 Å². The number of rotatable bonds is 10. The molecule has 0 aliphatic carbocycles. The van der Waals surface area contributed by atoms with Crippen molar-refractivity contribution in [1.29, 1.82) is 0 Å². The van der Waals surface area contributed by atoms with E-state index in [1.807, 2.05) is 38.1 Å². The minimum absolute atomic E-state index is 0.0579. The number of benzene rings is 1. The highest BCUT2D eigenvalue weighted by Gasteiger charge is 2.34. The molecule has 1 aliphatic heterocycles. The van der Waals surface area contributed by atoms with Gasteiger partial charge in [0, 0.05) is 19.6 Å². The van der Waals surface area contributed by atoms with Crippen molar-refractivity contribution in [3.63, 3.8) is 0 Å². The van der Waals surface area contributed by atoms with Gasteiger partial charge in [-0.15, -0.1) is 0 Å². The fourth-order valence-corrected chi connectivity index (χ4v) is 3.80. The number of aliphatic hydroxyl groups is 1. The highest BCUT2D eigenvalue weighted by atomic mass is 16.5. The van der Waals surface area contributed by atoms with Crippen LogP contribution in [-0.2, 0) is 14.3 Å². The Kier molecular flexibility index (Phi) is 8.23. The van der Waals surface area contributed by atoms with Crippen LogP contribution in [0.5, 0.6) is 5.75 Å². The first-order chi connectivity index (χ1) is 14.0. The molecule has 0 fully saturated rings. The summed E-state index contributed by atoms with van der Waals surface area (Å²) in [6, 6.07) is 6.79. The lowest BCUT2D eigenvalue weighted by atomic mass is 9.80. The lowest BCUT2D eigenvalue weighted by Crippen LogP contribution is -2.47. The van der Waals surface area contributed by atoms with Gasteiger partial charge in [-0.1, -0.05) is 32.9 Å². The third-order valence-corrected chi connectivity index (χ3v) is 5.42. The quantitative estimate of drug-likeness (QED) is 0.527. The molecule has 0 unspecified atom stereocenters. The first kappa shape index (κ1) is 24.1. The summed E-state index contributed by atoms with van der Waals surface area (Å²) in [7, 11) is 1.59. The Morgan fingerprint density at radius 3 is 2.67 bits per heavy atom. The average molecular weight is 423 g/mol. The molecule has 4 N–H and O–H groups in total. The predicted octanol–water partition coefficient (Wildman–Crippen LogP) is 2.03. The minimum Gasteiger partial charge on any atom is -0.484 e. The molecule has 168 valence electrons. The molecule has 30 heavy (non-hydrogen) atoms. The molecule has 1 amide bonds. The molecular formula is C22H34N2O6. The van der Waals surface area contributed by atoms with Crippen molar-refractivity contribution < 1.29 is 29.3 Å². The second kappa shape index (κ2) is 10.2. The SMILES string of the molecule is COC[C@H]1CN(C(=O)CC(C)(C)C[C@H](N)[C@@H](O)C[C@@H](C)C(=O)O)c2ccccc2O1. The van der Waals surface area contributed by atoms with Gasteiger partial charge >= 0.3 is 5.97 Å². The molecule has 0 aromatic heterocycles. The van der Waals surface area contributed by atoms with Crippen molar-refractivity contribution in [2.24, 2.45) is 17.1 Å². The molecule has 2 rings (SSSR count). The van der Waals surface area contributed by atoms with Crippen LogP contribution in [0.2, 0.25) is 0 Å². The number of ether oxygens (including phenoxy) is 2. The number of hydrogen-bond acceptors (Lipinski definition) is 6. The van der Waals surface area contributed by atoms with Gasteiger partial charge in [0.05, 0.1) is 30.9 Å². The fourth-order valence-electron chi connectivity index (χ4n) is 3.80. The van der Waals surface area contributed by atoms with Gasteiger partial charge in [-0.25, -0.2) is 0 Å². The summed E-state index contributed by atoms with van der Waals surface area (Å²) in [4.78, 5) is 25.9. The maximum atomic E-state index is 13.2. The molecule has 8 heteroatoms. The number of amides is 1. The molecule has 0 saturated heterocycles. The van der Waals surface area contributed by atoms with Crippen molar-refractivity contribution in [2.45, 2.75) is 58.3 Å². The van der Waals surface area contributed by atoms with Gasteiger partial charge in [0.25, 0.3) is 0 Å². The number of methoxy groups -OCH3 is 1. The zero-order valence-electron chi connectivity index (χ0n) is 18.2.